The zero-order valence-corrected chi connectivity index (χ0v) is 17.0. The third-order valence-electron chi connectivity index (χ3n) is 4.17. The molecule has 0 aliphatic carbocycles. The molecular formula is C22H19Cl3NO. The summed E-state index contributed by atoms with van der Waals surface area (Å²) in [4.78, 5) is 0. The summed E-state index contributed by atoms with van der Waals surface area (Å²) in [6.07, 6.45) is 1.42. The molecule has 0 amide bonds. The highest BCUT2D eigenvalue weighted by molar-refractivity contribution is 6.67. The molecule has 0 aliphatic rings. The van der Waals surface area contributed by atoms with Crippen LogP contribution in [0.4, 0.5) is 11.4 Å². The molecule has 0 fully saturated rings. The smallest absolute Gasteiger partial charge is 0.218 e. The molecule has 2 nitrogen and oxygen atoms in total. The molecule has 0 aromatic heterocycles. The number of methoxy groups -OCH3 is 1. The molecule has 3 aromatic carbocycles. The Morgan fingerprint density at radius 3 is 2.07 bits per heavy atom. The van der Waals surface area contributed by atoms with E-state index < -0.39 is 3.79 Å². The third-order valence-corrected chi connectivity index (χ3v) is 4.78. The molecule has 3 rings (SSSR count). The molecule has 0 saturated carbocycles. The topological polar surface area (TPSA) is 21.3 Å². The monoisotopic (exact) mass is 418 g/mol. The second-order valence-corrected chi connectivity index (χ2v) is 8.29. The Morgan fingerprint density at radius 1 is 0.852 bits per heavy atom. The first-order valence-electron chi connectivity index (χ1n) is 8.45. The number of rotatable bonds is 6. The lowest BCUT2D eigenvalue weighted by atomic mass is 9.97. The lowest BCUT2D eigenvalue weighted by Gasteiger charge is -2.24. The largest absolute Gasteiger partial charge is 0.370 e. The quantitative estimate of drug-likeness (QED) is 0.433. The van der Waals surface area contributed by atoms with Crippen LogP contribution in [0.15, 0.2) is 78.9 Å². The van der Waals surface area contributed by atoms with Crippen LogP contribution in [-0.2, 0) is 15.0 Å². The van der Waals surface area contributed by atoms with Crippen LogP contribution in [0.2, 0.25) is 0 Å². The summed E-state index contributed by atoms with van der Waals surface area (Å²) in [7, 11) is 1.66. The summed E-state index contributed by atoms with van der Waals surface area (Å²) in [5.74, 6) is 0. The van der Waals surface area contributed by atoms with Crippen LogP contribution in [0.3, 0.4) is 0 Å². The first-order chi connectivity index (χ1) is 13.0. The lowest BCUT2D eigenvalue weighted by molar-refractivity contribution is 0.224. The third kappa shape index (κ3) is 5.18. The van der Waals surface area contributed by atoms with Crippen molar-refractivity contribution < 1.29 is 4.74 Å². The van der Waals surface area contributed by atoms with E-state index in [0.29, 0.717) is 12.0 Å². The summed E-state index contributed by atoms with van der Waals surface area (Å²) in [5.41, 5.74) is 4.18. The van der Waals surface area contributed by atoms with E-state index in [4.69, 9.17) is 39.5 Å². The maximum Gasteiger partial charge on any atom is 0.218 e. The molecule has 27 heavy (non-hydrogen) atoms. The van der Waals surface area contributed by atoms with E-state index in [1.807, 2.05) is 60.7 Å². The molecule has 0 aliphatic heterocycles. The van der Waals surface area contributed by atoms with Gasteiger partial charge in [-0.1, -0.05) is 102 Å². The SMILES string of the molecule is CO[C](Cc1ccccc1)c1cccc(C(Cl)(Cl)Cl)c1Nc1ccccc1. The Morgan fingerprint density at radius 2 is 1.48 bits per heavy atom. The summed E-state index contributed by atoms with van der Waals surface area (Å²) in [5, 5.41) is 3.39. The average molecular weight is 420 g/mol. The van der Waals surface area contributed by atoms with Crippen molar-refractivity contribution in [1.82, 2.24) is 0 Å². The standard InChI is InChI=1S/C22H19Cl3NO/c1-27-20(15-16-9-4-2-5-10-16)18-13-8-14-19(22(23,24)25)21(18)26-17-11-6-3-7-12-17/h2-14,26H,15H2,1H3. The number of benzene rings is 3. The molecule has 0 atom stereocenters. The predicted octanol–water partition coefficient (Wildman–Crippen LogP) is 7.03. The van der Waals surface area contributed by atoms with Gasteiger partial charge in [0.05, 0.1) is 5.69 Å². The number of alkyl halides is 3. The van der Waals surface area contributed by atoms with Crippen LogP contribution in [-0.4, -0.2) is 7.11 Å². The Labute approximate surface area is 175 Å². The summed E-state index contributed by atoms with van der Waals surface area (Å²) < 4.78 is 4.16. The van der Waals surface area contributed by atoms with Crippen molar-refractivity contribution >= 4 is 46.2 Å². The zero-order valence-electron chi connectivity index (χ0n) is 14.8. The number of halogens is 3. The molecule has 139 valence electrons. The summed E-state index contributed by atoms with van der Waals surface area (Å²) in [6, 6.07) is 25.5. The molecule has 0 unspecified atom stereocenters. The number of ether oxygens (including phenoxy) is 1. The van der Waals surface area contributed by atoms with Gasteiger partial charge in [0.25, 0.3) is 0 Å². The van der Waals surface area contributed by atoms with E-state index in [0.717, 1.165) is 28.6 Å². The Kier molecular flexibility index (Phi) is 6.67. The number of anilines is 2. The van der Waals surface area contributed by atoms with Crippen LogP contribution >= 0.6 is 34.8 Å². The molecule has 0 heterocycles. The highest BCUT2D eigenvalue weighted by atomic mass is 35.6. The molecule has 0 bridgehead atoms. The van der Waals surface area contributed by atoms with Gasteiger partial charge in [0, 0.05) is 30.3 Å². The first-order valence-corrected chi connectivity index (χ1v) is 9.59. The maximum atomic E-state index is 6.25. The molecule has 1 radical (unpaired) electrons. The van der Waals surface area contributed by atoms with Gasteiger partial charge < -0.3 is 10.1 Å². The van der Waals surface area contributed by atoms with Crippen LogP contribution in [0.25, 0.3) is 0 Å². The predicted molar refractivity (Wildman–Crippen MR) is 115 cm³/mol. The van der Waals surface area contributed by atoms with Crippen molar-refractivity contribution in [3.05, 3.63) is 102 Å². The van der Waals surface area contributed by atoms with Gasteiger partial charge in [-0.2, -0.15) is 0 Å². The maximum absolute atomic E-state index is 6.25. The zero-order chi connectivity index (χ0) is 19.3. The van der Waals surface area contributed by atoms with E-state index >= 15 is 0 Å². The molecule has 0 saturated heterocycles. The van der Waals surface area contributed by atoms with Crippen LogP contribution < -0.4 is 5.32 Å². The Hall–Kier alpha value is -1.71. The highest BCUT2D eigenvalue weighted by Gasteiger charge is 2.30. The van der Waals surface area contributed by atoms with Crippen molar-refractivity contribution in [3.63, 3.8) is 0 Å². The number of para-hydroxylation sites is 2. The van der Waals surface area contributed by atoms with Gasteiger partial charge in [0.15, 0.2) is 0 Å². The second kappa shape index (κ2) is 8.99. The van der Waals surface area contributed by atoms with Crippen LogP contribution in [0, 0.1) is 6.10 Å². The molecule has 5 heteroatoms. The van der Waals surface area contributed by atoms with Gasteiger partial charge in [-0.25, -0.2) is 0 Å². The van der Waals surface area contributed by atoms with Crippen molar-refractivity contribution in [2.75, 3.05) is 12.4 Å². The van der Waals surface area contributed by atoms with Crippen LogP contribution in [0.5, 0.6) is 0 Å². The second-order valence-electron chi connectivity index (χ2n) is 6.01. The van der Waals surface area contributed by atoms with Crippen LogP contribution in [0.1, 0.15) is 16.7 Å². The van der Waals surface area contributed by atoms with Gasteiger partial charge in [0.1, 0.15) is 6.10 Å². The molecule has 3 aromatic rings. The molecule has 1 N–H and O–H groups in total. The minimum Gasteiger partial charge on any atom is -0.370 e. The van der Waals surface area contributed by atoms with E-state index in [1.165, 1.54) is 0 Å². The van der Waals surface area contributed by atoms with E-state index in [-0.39, 0.29) is 0 Å². The van der Waals surface area contributed by atoms with E-state index in [1.54, 1.807) is 13.2 Å². The van der Waals surface area contributed by atoms with Gasteiger partial charge >= 0.3 is 0 Å². The minimum absolute atomic E-state index is 0.566. The number of hydrogen-bond acceptors (Lipinski definition) is 2. The number of nitrogens with one attached hydrogen (secondary N) is 1. The van der Waals surface area contributed by atoms with Gasteiger partial charge in [-0.05, 0) is 17.7 Å². The van der Waals surface area contributed by atoms with Crippen molar-refractivity contribution in [3.8, 4) is 0 Å². The highest BCUT2D eigenvalue weighted by Crippen LogP contribution is 2.45. The normalized spacial score (nSPS) is 11.6. The minimum atomic E-state index is -1.57. The van der Waals surface area contributed by atoms with Gasteiger partial charge in [-0.3, -0.25) is 0 Å². The van der Waals surface area contributed by atoms with E-state index in [2.05, 4.69) is 17.4 Å². The number of hydrogen-bond donors (Lipinski definition) is 1. The van der Waals surface area contributed by atoms with Gasteiger partial charge in [-0.15, -0.1) is 0 Å². The van der Waals surface area contributed by atoms with E-state index in [9.17, 15) is 0 Å². The fourth-order valence-electron chi connectivity index (χ4n) is 2.88. The van der Waals surface area contributed by atoms with Crippen molar-refractivity contribution in [2.45, 2.75) is 10.2 Å². The van der Waals surface area contributed by atoms with Gasteiger partial charge in [0.2, 0.25) is 3.79 Å². The van der Waals surface area contributed by atoms with Crippen molar-refractivity contribution in [2.24, 2.45) is 0 Å². The fourth-order valence-corrected chi connectivity index (χ4v) is 3.35. The lowest BCUT2D eigenvalue weighted by Crippen LogP contribution is -2.13. The Balaban J connectivity index is 2.05. The summed E-state index contributed by atoms with van der Waals surface area (Å²) in [6.45, 7) is 0. The van der Waals surface area contributed by atoms with Crippen molar-refractivity contribution in [1.29, 1.82) is 0 Å². The summed E-state index contributed by atoms with van der Waals surface area (Å²) >= 11 is 18.8. The Bertz CT molecular complexity index is 864. The average Bonchev–Trinajstić information content (AvgIpc) is 2.67. The molecular weight excluding hydrogens is 401 g/mol. The first kappa shape index (κ1) is 20.0. The fraction of sp³-hybridized carbons (Fsp3) is 0.136. The molecule has 0 spiro atoms.